The average molecular weight is 316 g/mol. The van der Waals surface area contributed by atoms with E-state index in [1.165, 1.54) is 23.5 Å². The third-order valence-electron chi connectivity index (χ3n) is 2.47. The highest BCUT2D eigenvalue weighted by molar-refractivity contribution is 7.89. The van der Waals surface area contributed by atoms with Gasteiger partial charge >= 0.3 is 0 Å². The van der Waals surface area contributed by atoms with Gasteiger partial charge in [-0.25, -0.2) is 17.5 Å². The fourth-order valence-electron chi connectivity index (χ4n) is 1.51. The zero-order chi connectivity index (χ0) is 14.6. The summed E-state index contributed by atoms with van der Waals surface area (Å²) in [5, 5.41) is 8.68. The molecule has 2 aromatic rings. The number of aromatic nitrogens is 2. The summed E-state index contributed by atoms with van der Waals surface area (Å²) < 4.78 is 38.9. The predicted molar refractivity (Wildman–Crippen MR) is 74.2 cm³/mol. The molecule has 20 heavy (non-hydrogen) atoms. The quantitative estimate of drug-likeness (QED) is 0.780. The van der Waals surface area contributed by atoms with Crippen LogP contribution in [0.2, 0.25) is 0 Å². The number of anilines is 1. The van der Waals surface area contributed by atoms with Gasteiger partial charge in [0, 0.05) is 13.0 Å². The Hall–Kier alpha value is -1.58. The van der Waals surface area contributed by atoms with E-state index >= 15 is 0 Å². The number of hydrogen-bond acceptors (Lipinski definition) is 6. The highest BCUT2D eigenvalue weighted by Crippen LogP contribution is 2.13. The van der Waals surface area contributed by atoms with Crippen molar-refractivity contribution in [3.05, 3.63) is 35.1 Å². The largest absolute Gasteiger partial charge is 0.374 e. The Balaban J connectivity index is 1.85. The van der Waals surface area contributed by atoms with Crippen molar-refractivity contribution in [3.8, 4) is 0 Å². The van der Waals surface area contributed by atoms with Crippen LogP contribution in [0.15, 0.2) is 29.2 Å². The molecule has 1 aromatic heterocycles. The minimum atomic E-state index is -3.60. The minimum absolute atomic E-state index is 0.0408. The first-order valence-electron chi connectivity index (χ1n) is 5.80. The molecule has 2 rings (SSSR count). The first-order chi connectivity index (χ1) is 9.47. The number of rotatable bonds is 6. The minimum Gasteiger partial charge on any atom is -0.374 e. The monoisotopic (exact) mass is 316 g/mol. The molecular weight excluding hydrogens is 303 g/mol. The topological polar surface area (TPSA) is 98.0 Å². The van der Waals surface area contributed by atoms with Crippen molar-refractivity contribution in [2.75, 3.05) is 12.3 Å². The molecule has 0 atom stereocenters. The number of nitrogen functional groups attached to an aromatic ring is 1. The van der Waals surface area contributed by atoms with Gasteiger partial charge in [-0.2, -0.15) is 0 Å². The smallest absolute Gasteiger partial charge is 0.240 e. The van der Waals surface area contributed by atoms with E-state index in [9.17, 15) is 12.8 Å². The second kappa shape index (κ2) is 6.25. The van der Waals surface area contributed by atoms with Gasteiger partial charge in [-0.3, -0.25) is 0 Å². The molecule has 0 aliphatic rings. The lowest BCUT2D eigenvalue weighted by molar-refractivity contribution is 0.578. The third-order valence-corrected chi connectivity index (χ3v) is 4.76. The lowest BCUT2D eigenvalue weighted by Gasteiger charge is -2.05. The molecule has 108 valence electrons. The summed E-state index contributed by atoms with van der Waals surface area (Å²) in [7, 11) is -3.60. The van der Waals surface area contributed by atoms with Gasteiger partial charge in [0.2, 0.25) is 15.2 Å². The molecule has 0 aliphatic carbocycles. The Kier molecular flexibility index (Phi) is 4.63. The van der Waals surface area contributed by atoms with Crippen LogP contribution < -0.4 is 10.5 Å². The maximum Gasteiger partial charge on any atom is 0.240 e. The molecule has 0 spiro atoms. The molecule has 1 heterocycles. The number of aryl methyl sites for hydroxylation is 1. The summed E-state index contributed by atoms with van der Waals surface area (Å²) in [4.78, 5) is 0.0408. The van der Waals surface area contributed by atoms with Crippen LogP contribution in [0, 0.1) is 5.82 Å². The predicted octanol–water partition coefficient (Wildman–Crippen LogP) is 1.17. The lowest BCUT2D eigenvalue weighted by Crippen LogP contribution is -2.25. The van der Waals surface area contributed by atoms with E-state index in [-0.39, 0.29) is 11.4 Å². The molecular formula is C11H13FN4O2S2. The fraction of sp³-hybridized carbons (Fsp3) is 0.273. The van der Waals surface area contributed by atoms with E-state index in [1.54, 1.807) is 0 Å². The summed E-state index contributed by atoms with van der Waals surface area (Å²) >= 11 is 1.28. The van der Waals surface area contributed by atoms with Gasteiger partial charge in [0.15, 0.2) is 0 Å². The number of sulfonamides is 1. The van der Waals surface area contributed by atoms with Crippen molar-refractivity contribution in [2.24, 2.45) is 0 Å². The van der Waals surface area contributed by atoms with Crippen LogP contribution in [0.3, 0.4) is 0 Å². The number of nitrogens with zero attached hydrogens (tertiary/aromatic N) is 2. The standard InChI is InChI=1S/C11H13FN4O2S2/c12-8-3-5-9(6-4-8)20(17,18)14-7-1-2-10-15-16-11(13)19-10/h3-6,14H,1-2,7H2,(H2,13,16). The molecule has 0 saturated heterocycles. The van der Waals surface area contributed by atoms with Crippen molar-refractivity contribution < 1.29 is 12.8 Å². The van der Waals surface area contributed by atoms with Crippen LogP contribution in [0.5, 0.6) is 0 Å². The van der Waals surface area contributed by atoms with Crippen LogP contribution in [-0.2, 0) is 16.4 Å². The molecule has 0 saturated carbocycles. The Morgan fingerprint density at radius 3 is 2.55 bits per heavy atom. The molecule has 0 fully saturated rings. The number of benzene rings is 1. The molecule has 0 radical (unpaired) electrons. The van der Waals surface area contributed by atoms with E-state index in [0.29, 0.717) is 18.0 Å². The zero-order valence-electron chi connectivity index (χ0n) is 10.4. The number of nitrogens with one attached hydrogen (secondary N) is 1. The Labute approximate surface area is 119 Å². The molecule has 6 nitrogen and oxygen atoms in total. The van der Waals surface area contributed by atoms with Crippen molar-refractivity contribution in [2.45, 2.75) is 17.7 Å². The lowest BCUT2D eigenvalue weighted by atomic mass is 10.3. The van der Waals surface area contributed by atoms with Gasteiger partial charge in [-0.15, -0.1) is 10.2 Å². The average Bonchev–Trinajstić information content (AvgIpc) is 2.81. The second-order valence-electron chi connectivity index (χ2n) is 3.99. The maximum absolute atomic E-state index is 12.7. The Morgan fingerprint density at radius 2 is 1.95 bits per heavy atom. The maximum atomic E-state index is 12.7. The summed E-state index contributed by atoms with van der Waals surface area (Å²) in [6.07, 6.45) is 1.18. The zero-order valence-corrected chi connectivity index (χ0v) is 12.0. The molecule has 0 unspecified atom stereocenters. The van der Waals surface area contributed by atoms with E-state index < -0.39 is 15.8 Å². The van der Waals surface area contributed by atoms with Gasteiger partial charge in [-0.05, 0) is 30.7 Å². The van der Waals surface area contributed by atoms with E-state index in [1.807, 2.05) is 0 Å². The third kappa shape index (κ3) is 3.95. The van der Waals surface area contributed by atoms with Crippen LogP contribution in [0.1, 0.15) is 11.4 Å². The Morgan fingerprint density at radius 1 is 1.25 bits per heavy atom. The van der Waals surface area contributed by atoms with E-state index in [2.05, 4.69) is 14.9 Å². The molecule has 0 bridgehead atoms. The van der Waals surface area contributed by atoms with E-state index in [4.69, 9.17) is 5.73 Å². The van der Waals surface area contributed by atoms with Crippen molar-refractivity contribution in [3.63, 3.8) is 0 Å². The molecule has 0 aliphatic heterocycles. The van der Waals surface area contributed by atoms with Crippen LogP contribution in [-0.4, -0.2) is 25.2 Å². The highest BCUT2D eigenvalue weighted by atomic mass is 32.2. The van der Waals surface area contributed by atoms with E-state index in [0.717, 1.165) is 17.1 Å². The van der Waals surface area contributed by atoms with Crippen molar-refractivity contribution >= 4 is 26.5 Å². The molecule has 9 heteroatoms. The normalized spacial score (nSPS) is 11.7. The van der Waals surface area contributed by atoms with Gasteiger partial charge in [0.1, 0.15) is 10.8 Å². The number of halogens is 1. The first-order valence-corrected chi connectivity index (χ1v) is 8.10. The summed E-state index contributed by atoms with van der Waals surface area (Å²) in [6, 6.07) is 4.67. The fourth-order valence-corrected chi connectivity index (χ4v) is 3.24. The van der Waals surface area contributed by atoms with Crippen molar-refractivity contribution in [1.29, 1.82) is 0 Å². The van der Waals surface area contributed by atoms with Gasteiger partial charge < -0.3 is 5.73 Å². The molecule has 3 N–H and O–H groups in total. The van der Waals surface area contributed by atoms with Crippen LogP contribution in [0.4, 0.5) is 9.52 Å². The van der Waals surface area contributed by atoms with Crippen LogP contribution in [0.25, 0.3) is 0 Å². The summed E-state index contributed by atoms with van der Waals surface area (Å²) in [5.74, 6) is -0.474. The first kappa shape index (κ1) is 14.8. The number of hydrogen-bond donors (Lipinski definition) is 2. The summed E-state index contributed by atoms with van der Waals surface area (Å²) in [6.45, 7) is 0.263. The number of nitrogens with two attached hydrogens (primary N) is 1. The second-order valence-corrected chi connectivity index (χ2v) is 6.85. The van der Waals surface area contributed by atoms with Crippen LogP contribution >= 0.6 is 11.3 Å². The van der Waals surface area contributed by atoms with Crippen molar-refractivity contribution in [1.82, 2.24) is 14.9 Å². The molecule has 0 amide bonds. The highest BCUT2D eigenvalue weighted by Gasteiger charge is 2.13. The van der Waals surface area contributed by atoms with Gasteiger partial charge in [0.25, 0.3) is 0 Å². The van der Waals surface area contributed by atoms with Gasteiger partial charge in [-0.1, -0.05) is 11.3 Å². The van der Waals surface area contributed by atoms with Gasteiger partial charge in [0.05, 0.1) is 4.90 Å². The summed E-state index contributed by atoms with van der Waals surface area (Å²) in [5.41, 5.74) is 5.44. The SMILES string of the molecule is Nc1nnc(CCCNS(=O)(=O)c2ccc(F)cc2)s1. The molecule has 1 aromatic carbocycles. The Bertz CT molecular complexity index is 670.